The zero-order chi connectivity index (χ0) is 16.7. The fourth-order valence-corrected chi connectivity index (χ4v) is 2.16. The van der Waals surface area contributed by atoms with E-state index >= 15 is 0 Å². The van der Waals surface area contributed by atoms with Crippen molar-refractivity contribution in [2.45, 2.75) is 19.4 Å². The lowest BCUT2D eigenvalue weighted by Crippen LogP contribution is -2.30. The first-order valence-electron chi connectivity index (χ1n) is 7.45. The highest BCUT2D eigenvalue weighted by molar-refractivity contribution is 5.96. The Balaban J connectivity index is 1.79. The van der Waals surface area contributed by atoms with Crippen molar-refractivity contribution in [1.82, 2.24) is 5.32 Å². The zero-order valence-electron chi connectivity index (χ0n) is 13.0. The highest BCUT2D eigenvalue weighted by atomic mass is 16.3. The Morgan fingerprint density at radius 2 is 1.83 bits per heavy atom. The van der Waals surface area contributed by atoms with Crippen LogP contribution in [0.1, 0.15) is 35.4 Å². The third-order valence-electron chi connectivity index (χ3n) is 3.41. The predicted molar refractivity (Wildman–Crippen MR) is 89.5 cm³/mol. The summed E-state index contributed by atoms with van der Waals surface area (Å²) in [7, 11) is 0. The maximum atomic E-state index is 11.8. The fourth-order valence-electron chi connectivity index (χ4n) is 2.16. The first-order chi connectivity index (χ1) is 11.1. The van der Waals surface area contributed by atoms with Crippen molar-refractivity contribution >= 4 is 17.5 Å². The number of amides is 2. The number of rotatable bonds is 6. The minimum Gasteiger partial charge on any atom is -0.388 e. The summed E-state index contributed by atoms with van der Waals surface area (Å²) in [5.41, 5.74) is 1.92. The van der Waals surface area contributed by atoms with Gasteiger partial charge in [-0.1, -0.05) is 42.5 Å². The van der Waals surface area contributed by atoms with E-state index in [1.165, 1.54) is 6.92 Å². The van der Waals surface area contributed by atoms with E-state index < -0.39 is 6.10 Å². The summed E-state index contributed by atoms with van der Waals surface area (Å²) in [4.78, 5) is 23.1. The molecule has 0 bridgehead atoms. The number of urea groups is 1. The maximum absolute atomic E-state index is 11.8. The molecule has 0 heterocycles. The van der Waals surface area contributed by atoms with Gasteiger partial charge in [-0.25, -0.2) is 4.79 Å². The van der Waals surface area contributed by atoms with Crippen molar-refractivity contribution in [3.05, 3.63) is 65.7 Å². The molecule has 0 aromatic heterocycles. The molecule has 120 valence electrons. The molecule has 2 amide bonds. The molecule has 2 aromatic rings. The van der Waals surface area contributed by atoms with E-state index in [1.807, 2.05) is 30.3 Å². The van der Waals surface area contributed by atoms with E-state index in [1.54, 1.807) is 24.3 Å². The van der Waals surface area contributed by atoms with Crippen molar-refractivity contribution in [2.75, 3.05) is 11.9 Å². The second-order valence-electron chi connectivity index (χ2n) is 5.23. The molecule has 0 radical (unpaired) electrons. The molecule has 3 N–H and O–H groups in total. The molecule has 0 aliphatic carbocycles. The standard InChI is InChI=1S/C18H20N2O3/c1-13(21)15-8-5-9-16(12-15)20-18(23)19-11-10-17(22)14-6-3-2-4-7-14/h2-9,12,17,22H,10-11H2,1H3,(H2,19,20,23). The van der Waals surface area contributed by atoms with Crippen LogP contribution in [0.3, 0.4) is 0 Å². The van der Waals surface area contributed by atoms with Crippen LogP contribution >= 0.6 is 0 Å². The van der Waals surface area contributed by atoms with Crippen LogP contribution < -0.4 is 10.6 Å². The number of aliphatic hydroxyl groups is 1. The fraction of sp³-hybridized carbons (Fsp3) is 0.222. The number of aliphatic hydroxyl groups excluding tert-OH is 1. The van der Waals surface area contributed by atoms with Gasteiger partial charge in [-0.2, -0.15) is 0 Å². The van der Waals surface area contributed by atoms with Crippen LogP contribution in [-0.2, 0) is 0 Å². The predicted octanol–water partition coefficient (Wildman–Crippen LogP) is 3.13. The van der Waals surface area contributed by atoms with Crippen molar-refractivity contribution in [2.24, 2.45) is 0 Å². The number of benzene rings is 2. The number of hydrogen-bond acceptors (Lipinski definition) is 3. The van der Waals surface area contributed by atoms with Gasteiger partial charge in [0, 0.05) is 17.8 Å². The topological polar surface area (TPSA) is 78.4 Å². The molecule has 23 heavy (non-hydrogen) atoms. The number of nitrogens with one attached hydrogen (secondary N) is 2. The molecule has 0 saturated heterocycles. The SMILES string of the molecule is CC(=O)c1cccc(NC(=O)NCCC(O)c2ccccc2)c1. The highest BCUT2D eigenvalue weighted by Gasteiger charge is 2.08. The molecule has 0 aliphatic heterocycles. The van der Waals surface area contributed by atoms with Crippen LogP contribution in [0, 0.1) is 0 Å². The molecule has 2 aromatic carbocycles. The number of carbonyl (C=O) groups excluding carboxylic acids is 2. The van der Waals surface area contributed by atoms with Crippen molar-refractivity contribution in [1.29, 1.82) is 0 Å². The van der Waals surface area contributed by atoms with E-state index in [4.69, 9.17) is 0 Å². The molecule has 0 fully saturated rings. The van der Waals surface area contributed by atoms with Gasteiger partial charge < -0.3 is 15.7 Å². The van der Waals surface area contributed by atoms with Gasteiger partial charge in [0.2, 0.25) is 0 Å². The summed E-state index contributed by atoms with van der Waals surface area (Å²) in [5, 5.41) is 15.4. The Hall–Kier alpha value is -2.66. The van der Waals surface area contributed by atoms with Crippen LogP contribution in [0.25, 0.3) is 0 Å². The maximum Gasteiger partial charge on any atom is 0.319 e. The third kappa shape index (κ3) is 5.23. The van der Waals surface area contributed by atoms with Gasteiger partial charge in [-0.15, -0.1) is 0 Å². The molecular formula is C18H20N2O3. The van der Waals surface area contributed by atoms with Gasteiger partial charge in [0.15, 0.2) is 5.78 Å². The number of hydrogen-bond donors (Lipinski definition) is 3. The Bertz CT molecular complexity index is 671. The number of Topliss-reactive ketones (excluding diaryl/α,β-unsaturated/α-hetero) is 1. The van der Waals surface area contributed by atoms with E-state index in [2.05, 4.69) is 10.6 Å². The smallest absolute Gasteiger partial charge is 0.319 e. The molecule has 0 saturated carbocycles. The average molecular weight is 312 g/mol. The third-order valence-corrected chi connectivity index (χ3v) is 3.41. The van der Waals surface area contributed by atoms with Crippen LogP contribution in [0.15, 0.2) is 54.6 Å². The van der Waals surface area contributed by atoms with E-state index in [0.29, 0.717) is 24.2 Å². The Labute approximate surface area is 135 Å². The second kappa shape index (κ2) is 8.10. The monoisotopic (exact) mass is 312 g/mol. The van der Waals surface area contributed by atoms with Crippen LogP contribution in [-0.4, -0.2) is 23.5 Å². The van der Waals surface area contributed by atoms with Crippen LogP contribution in [0.5, 0.6) is 0 Å². The van der Waals surface area contributed by atoms with Gasteiger partial charge >= 0.3 is 6.03 Å². The Morgan fingerprint density at radius 1 is 1.09 bits per heavy atom. The minimum absolute atomic E-state index is 0.0555. The first-order valence-corrected chi connectivity index (χ1v) is 7.45. The quantitative estimate of drug-likeness (QED) is 0.717. The highest BCUT2D eigenvalue weighted by Crippen LogP contribution is 2.15. The molecule has 5 heteroatoms. The minimum atomic E-state index is -0.613. The van der Waals surface area contributed by atoms with Crippen molar-refractivity contribution < 1.29 is 14.7 Å². The molecular weight excluding hydrogens is 292 g/mol. The van der Waals surface area contributed by atoms with E-state index in [-0.39, 0.29) is 11.8 Å². The van der Waals surface area contributed by atoms with Gasteiger partial charge in [0.1, 0.15) is 0 Å². The largest absolute Gasteiger partial charge is 0.388 e. The summed E-state index contributed by atoms with van der Waals surface area (Å²) in [6.07, 6.45) is -0.192. The number of anilines is 1. The molecule has 2 rings (SSSR count). The lowest BCUT2D eigenvalue weighted by atomic mass is 10.1. The Kier molecular flexibility index (Phi) is 5.88. The molecule has 0 spiro atoms. The number of carbonyl (C=O) groups is 2. The lowest BCUT2D eigenvalue weighted by Gasteiger charge is -2.12. The van der Waals surface area contributed by atoms with Crippen molar-refractivity contribution in [3.63, 3.8) is 0 Å². The van der Waals surface area contributed by atoms with Gasteiger partial charge in [-0.3, -0.25) is 4.79 Å². The zero-order valence-corrected chi connectivity index (χ0v) is 13.0. The molecule has 5 nitrogen and oxygen atoms in total. The van der Waals surface area contributed by atoms with Gasteiger partial charge in [0.25, 0.3) is 0 Å². The summed E-state index contributed by atoms with van der Waals surface area (Å²) >= 11 is 0. The van der Waals surface area contributed by atoms with E-state index in [0.717, 1.165) is 5.56 Å². The second-order valence-corrected chi connectivity index (χ2v) is 5.23. The summed E-state index contributed by atoms with van der Waals surface area (Å²) in [5.74, 6) is -0.0555. The van der Waals surface area contributed by atoms with Gasteiger partial charge in [-0.05, 0) is 31.0 Å². The number of ketones is 1. The Morgan fingerprint density at radius 3 is 2.52 bits per heavy atom. The van der Waals surface area contributed by atoms with Crippen LogP contribution in [0.4, 0.5) is 10.5 Å². The first kappa shape index (κ1) is 16.7. The van der Waals surface area contributed by atoms with Crippen LogP contribution in [0.2, 0.25) is 0 Å². The summed E-state index contributed by atoms with van der Waals surface area (Å²) in [6.45, 7) is 1.82. The molecule has 1 unspecified atom stereocenters. The summed E-state index contributed by atoms with van der Waals surface area (Å²) < 4.78 is 0. The molecule has 0 aliphatic rings. The van der Waals surface area contributed by atoms with Gasteiger partial charge in [0.05, 0.1) is 6.10 Å². The lowest BCUT2D eigenvalue weighted by molar-refractivity contribution is 0.101. The normalized spacial score (nSPS) is 11.6. The van der Waals surface area contributed by atoms with E-state index in [9.17, 15) is 14.7 Å². The molecule has 1 atom stereocenters. The van der Waals surface area contributed by atoms with Crippen molar-refractivity contribution in [3.8, 4) is 0 Å². The average Bonchev–Trinajstić information content (AvgIpc) is 2.55. The summed E-state index contributed by atoms with van der Waals surface area (Å²) in [6, 6.07) is 15.7.